The minimum atomic E-state index is -0.734. The fourth-order valence-corrected chi connectivity index (χ4v) is 1.72. The first kappa shape index (κ1) is 10.6. The summed E-state index contributed by atoms with van der Waals surface area (Å²) in [6.07, 6.45) is 1.77. The van der Waals surface area contributed by atoms with E-state index >= 15 is 0 Å². The van der Waals surface area contributed by atoms with Crippen molar-refractivity contribution in [2.24, 2.45) is 5.73 Å². The fourth-order valence-electron chi connectivity index (χ4n) is 0.684. The van der Waals surface area contributed by atoms with Gasteiger partial charge in [-0.25, -0.2) is 9.97 Å². The molecule has 0 fully saturated rings. The molecule has 0 aliphatic heterocycles. The molecular weight excluding hydrogens is 233 g/mol. The zero-order chi connectivity index (χ0) is 10.0. The Morgan fingerprint density at radius 2 is 1.85 bits per heavy atom. The number of carbonyl (C=O) groups excluding carboxylic acids is 1. The third-order valence-electron chi connectivity index (χ3n) is 1.23. The Kier molecular flexibility index (Phi) is 3.35. The molecule has 7 heteroatoms. The van der Waals surface area contributed by atoms with E-state index in [2.05, 4.69) is 9.97 Å². The van der Waals surface area contributed by atoms with Crippen molar-refractivity contribution < 1.29 is 4.79 Å². The van der Waals surface area contributed by atoms with E-state index in [-0.39, 0.29) is 15.9 Å². The quantitative estimate of drug-likeness (QED) is 0.482. The van der Waals surface area contributed by atoms with Gasteiger partial charge in [-0.2, -0.15) is 0 Å². The van der Waals surface area contributed by atoms with Crippen LogP contribution in [0.1, 0.15) is 10.4 Å². The number of nitrogens with two attached hydrogens (primary N) is 1. The van der Waals surface area contributed by atoms with Gasteiger partial charge in [0, 0.05) is 0 Å². The van der Waals surface area contributed by atoms with Gasteiger partial charge in [-0.3, -0.25) is 4.79 Å². The van der Waals surface area contributed by atoms with Crippen LogP contribution in [0.3, 0.4) is 0 Å². The lowest BCUT2D eigenvalue weighted by Crippen LogP contribution is -2.14. The first-order valence-electron chi connectivity index (χ1n) is 3.13. The standard InChI is InChI=1S/C6H5Cl2N3OS/c1-13-6-10-3(7)2(5(9)12)4(8)11-6/h1H3,(H2,9,12). The van der Waals surface area contributed by atoms with E-state index in [1.54, 1.807) is 6.26 Å². The van der Waals surface area contributed by atoms with E-state index < -0.39 is 5.91 Å². The number of hydrogen-bond acceptors (Lipinski definition) is 4. The van der Waals surface area contributed by atoms with Gasteiger partial charge in [0.15, 0.2) is 5.16 Å². The maximum Gasteiger partial charge on any atom is 0.254 e. The summed E-state index contributed by atoms with van der Waals surface area (Å²) in [5, 5.41) is 0.369. The van der Waals surface area contributed by atoms with Gasteiger partial charge in [-0.05, 0) is 6.26 Å². The van der Waals surface area contributed by atoms with Crippen molar-refractivity contribution in [1.82, 2.24) is 9.97 Å². The van der Waals surface area contributed by atoms with Crippen molar-refractivity contribution in [3.05, 3.63) is 15.9 Å². The van der Waals surface area contributed by atoms with E-state index in [1.807, 2.05) is 0 Å². The molecule has 0 radical (unpaired) electrons. The molecule has 1 aromatic rings. The summed E-state index contributed by atoms with van der Waals surface area (Å²) in [5.41, 5.74) is 4.97. The number of amides is 1. The molecule has 4 nitrogen and oxygen atoms in total. The molecule has 70 valence electrons. The van der Waals surface area contributed by atoms with Crippen molar-refractivity contribution >= 4 is 40.9 Å². The van der Waals surface area contributed by atoms with Crippen molar-refractivity contribution in [2.75, 3.05) is 6.26 Å². The van der Waals surface area contributed by atoms with Gasteiger partial charge in [0.05, 0.1) is 0 Å². The van der Waals surface area contributed by atoms with Crippen LogP contribution in [-0.2, 0) is 0 Å². The number of halogens is 2. The zero-order valence-electron chi connectivity index (χ0n) is 6.54. The number of aromatic nitrogens is 2. The average Bonchev–Trinajstić information content (AvgIpc) is 2.02. The summed E-state index contributed by atoms with van der Waals surface area (Å²) in [6.45, 7) is 0. The summed E-state index contributed by atoms with van der Waals surface area (Å²) in [4.78, 5) is 18.4. The number of rotatable bonds is 2. The summed E-state index contributed by atoms with van der Waals surface area (Å²) in [6, 6.07) is 0. The molecule has 0 bridgehead atoms. The Hall–Kier alpha value is -0.520. The lowest BCUT2D eigenvalue weighted by molar-refractivity contribution is 0.0999. The van der Waals surface area contributed by atoms with Crippen molar-refractivity contribution in [2.45, 2.75) is 5.16 Å². The van der Waals surface area contributed by atoms with E-state index in [1.165, 1.54) is 11.8 Å². The molecule has 1 rings (SSSR count). The first-order chi connectivity index (χ1) is 6.06. The largest absolute Gasteiger partial charge is 0.365 e. The highest BCUT2D eigenvalue weighted by Gasteiger charge is 2.15. The number of nitrogens with zero attached hydrogens (tertiary/aromatic N) is 2. The molecular formula is C6H5Cl2N3OS. The normalized spacial score (nSPS) is 10.1. The van der Waals surface area contributed by atoms with Gasteiger partial charge < -0.3 is 5.73 Å². The lowest BCUT2D eigenvalue weighted by Gasteiger charge is -2.02. The van der Waals surface area contributed by atoms with Crippen molar-refractivity contribution in [3.8, 4) is 0 Å². The van der Waals surface area contributed by atoms with Gasteiger partial charge >= 0.3 is 0 Å². The second-order valence-corrected chi connectivity index (χ2v) is 3.52. The minimum absolute atomic E-state index is 0.0168. The fraction of sp³-hybridized carbons (Fsp3) is 0.167. The molecule has 0 saturated carbocycles. The second-order valence-electron chi connectivity index (χ2n) is 2.03. The highest BCUT2D eigenvalue weighted by molar-refractivity contribution is 7.98. The van der Waals surface area contributed by atoms with Crippen molar-refractivity contribution in [3.63, 3.8) is 0 Å². The average molecular weight is 238 g/mol. The summed E-state index contributed by atoms with van der Waals surface area (Å²) in [7, 11) is 0. The van der Waals surface area contributed by atoms with Gasteiger partial charge in [0.25, 0.3) is 5.91 Å². The Balaban J connectivity index is 3.31. The van der Waals surface area contributed by atoms with E-state index in [0.717, 1.165) is 0 Å². The van der Waals surface area contributed by atoms with Crippen LogP contribution in [0.25, 0.3) is 0 Å². The maximum absolute atomic E-state index is 10.8. The monoisotopic (exact) mass is 237 g/mol. The van der Waals surface area contributed by atoms with Crippen LogP contribution in [0, 0.1) is 0 Å². The molecule has 1 aromatic heterocycles. The van der Waals surface area contributed by atoms with Crippen LogP contribution < -0.4 is 5.73 Å². The zero-order valence-corrected chi connectivity index (χ0v) is 8.87. The molecule has 0 aromatic carbocycles. The topological polar surface area (TPSA) is 68.9 Å². The summed E-state index contributed by atoms with van der Waals surface area (Å²) >= 11 is 12.6. The predicted octanol–water partition coefficient (Wildman–Crippen LogP) is 1.60. The maximum atomic E-state index is 10.8. The summed E-state index contributed by atoms with van der Waals surface area (Å²) < 4.78 is 0. The summed E-state index contributed by atoms with van der Waals surface area (Å²) in [5.74, 6) is -0.734. The Morgan fingerprint density at radius 3 is 2.15 bits per heavy atom. The molecule has 0 saturated heterocycles. The first-order valence-corrected chi connectivity index (χ1v) is 5.11. The van der Waals surface area contributed by atoms with Crippen LogP contribution in [0.4, 0.5) is 0 Å². The van der Waals surface area contributed by atoms with Crippen molar-refractivity contribution in [1.29, 1.82) is 0 Å². The van der Waals surface area contributed by atoms with E-state index in [0.29, 0.717) is 5.16 Å². The van der Waals surface area contributed by atoms with E-state index in [4.69, 9.17) is 28.9 Å². The second kappa shape index (κ2) is 4.13. The minimum Gasteiger partial charge on any atom is -0.365 e. The number of hydrogen-bond donors (Lipinski definition) is 1. The van der Waals surface area contributed by atoms with Crippen LogP contribution in [-0.4, -0.2) is 22.1 Å². The molecule has 2 N–H and O–H groups in total. The Labute approximate surface area is 88.8 Å². The number of carbonyl (C=O) groups is 1. The van der Waals surface area contributed by atoms with Gasteiger partial charge in [0.1, 0.15) is 15.9 Å². The Morgan fingerprint density at radius 1 is 1.38 bits per heavy atom. The SMILES string of the molecule is CSc1nc(Cl)c(C(N)=O)c(Cl)n1. The van der Waals surface area contributed by atoms with Gasteiger partial charge in [0.2, 0.25) is 0 Å². The predicted molar refractivity (Wildman–Crippen MR) is 52.4 cm³/mol. The molecule has 0 aliphatic rings. The molecule has 1 amide bonds. The van der Waals surface area contributed by atoms with Gasteiger partial charge in [-0.1, -0.05) is 35.0 Å². The third-order valence-corrected chi connectivity index (χ3v) is 2.32. The smallest absolute Gasteiger partial charge is 0.254 e. The number of thioether (sulfide) groups is 1. The van der Waals surface area contributed by atoms with Crippen LogP contribution in [0.5, 0.6) is 0 Å². The highest BCUT2D eigenvalue weighted by atomic mass is 35.5. The molecule has 0 atom stereocenters. The van der Waals surface area contributed by atoms with Crippen LogP contribution in [0.15, 0.2) is 5.16 Å². The molecule has 13 heavy (non-hydrogen) atoms. The van der Waals surface area contributed by atoms with Gasteiger partial charge in [-0.15, -0.1) is 0 Å². The molecule has 1 heterocycles. The number of primary amides is 1. The molecule has 0 spiro atoms. The van der Waals surface area contributed by atoms with Crippen LogP contribution in [0.2, 0.25) is 10.3 Å². The highest BCUT2D eigenvalue weighted by Crippen LogP contribution is 2.23. The molecule has 0 unspecified atom stereocenters. The third kappa shape index (κ3) is 2.24. The lowest BCUT2D eigenvalue weighted by atomic mass is 10.3. The van der Waals surface area contributed by atoms with E-state index in [9.17, 15) is 4.79 Å². The molecule has 0 aliphatic carbocycles. The Bertz CT molecular complexity index is 335. The van der Waals surface area contributed by atoms with Crippen LogP contribution >= 0.6 is 35.0 Å².